The van der Waals surface area contributed by atoms with Crippen molar-refractivity contribution in [1.29, 1.82) is 0 Å². The maximum absolute atomic E-state index is 11.1. The minimum Gasteiger partial charge on any atom is -0.352 e. The van der Waals surface area contributed by atoms with E-state index in [0.29, 0.717) is 13.0 Å². The number of carbonyl (C=O) groups is 1. The lowest BCUT2D eigenvalue weighted by molar-refractivity contribution is -0.121. The Kier molecular flexibility index (Phi) is 2.23. The van der Waals surface area contributed by atoms with Gasteiger partial charge in [-0.3, -0.25) is 4.79 Å². The van der Waals surface area contributed by atoms with Crippen molar-refractivity contribution in [2.45, 2.75) is 19.4 Å². The molecule has 0 aromatic heterocycles. The molecule has 2 rings (SSSR count). The number of fused-ring (bicyclic) bond motifs is 1. The van der Waals surface area contributed by atoms with E-state index in [1.165, 1.54) is 11.1 Å². The Bertz CT molecular complexity index is 349. The molecule has 0 saturated carbocycles. The van der Waals surface area contributed by atoms with Gasteiger partial charge in [-0.05, 0) is 29.7 Å². The topological polar surface area (TPSA) is 29.1 Å². The van der Waals surface area contributed by atoms with E-state index in [0.717, 1.165) is 11.4 Å². The summed E-state index contributed by atoms with van der Waals surface area (Å²) in [6, 6.07) is 5.78. The molecule has 3 heteroatoms. The molecule has 0 fully saturated rings. The van der Waals surface area contributed by atoms with Gasteiger partial charge in [0.25, 0.3) is 0 Å². The summed E-state index contributed by atoms with van der Waals surface area (Å²) in [7, 11) is 0. The normalized spacial score (nSPS) is 15.9. The number of halogens is 1. The first-order valence-corrected chi connectivity index (χ1v) is 4.67. The highest BCUT2D eigenvalue weighted by Crippen LogP contribution is 2.19. The molecule has 0 unspecified atom stereocenters. The van der Waals surface area contributed by atoms with Gasteiger partial charge in [0.05, 0.1) is 0 Å². The van der Waals surface area contributed by atoms with Crippen molar-refractivity contribution in [3.63, 3.8) is 0 Å². The number of carbonyl (C=O) groups excluding carboxylic acids is 1. The van der Waals surface area contributed by atoms with E-state index in [-0.39, 0.29) is 5.91 Å². The van der Waals surface area contributed by atoms with Crippen molar-refractivity contribution in [2.24, 2.45) is 0 Å². The van der Waals surface area contributed by atoms with Gasteiger partial charge in [-0.25, -0.2) is 0 Å². The predicted octanol–water partition coefficient (Wildman–Crippen LogP) is 1.90. The van der Waals surface area contributed by atoms with Crippen LogP contribution in [0.2, 0.25) is 5.02 Å². The fourth-order valence-corrected chi connectivity index (χ4v) is 1.72. The monoisotopic (exact) mass is 195 g/mol. The van der Waals surface area contributed by atoms with Gasteiger partial charge < -0.3 is 5.32 Å². The molecule has 68 valence electrons. The average Bonchev–Trinajstić information content (AvgIpc) is 2.29. The lowest BCUT2D eigenvalue weighted by Gasteiger charge is -2.04. The van der Waals surface area contributed by atoms with Crippen LogP contribution in [0.4, 0.5) is 0 Å². The van der Waals surface area contributed by atoms with E-state index in [9.17, 15) is 4.79 Å². The lowest BCUT2D eigenvalue weighted by atomic mass is 10.0. The third-order valence-corrected chi connectivity index (χ3v) is 2.50. The fraction of sp³-hybridized carbons (Fsp3) is 0.300. The quantitative estimate of drug-likeness (QED) is 0.673. The smallest absolute Gasteiger partial charge is 0.220 e. The van der Waals surface area contributed by atoms with Crippen molar-refractivity contribution in [2.75, 3.05) is 0 Å². The van der Waals surface area contributed by atoms with E-state index >= 15 is 0 Å². The number of rotatable bonds is 0. The average molecular weight is 196 g/mol. The summed E-state index contributed by atoms with van der Waals surface area (Å²) in [4.78, 5) is 11.1. The lowest BCUT2D eigenvalue weighted by Crippen LogP contribution is -2.20. The van der Waals surface area contributed by atoms with E-state index < -0.39 is 0 Å². The van der Waals surface area contributed by atoms with Gasteiger partial charge in [0.15, 0.2) is 0 Å². The van der Waals surface area contributed by atoms with E-state index in [1.54, 1.807) is 0 Å². The molecule has 1 amide bonds. The second-order valence-electron chi connectivity index (χ2n) is 3.19. The first kappa shape index (κ1) is 8.57. The zero-order chi connectivity index (χ0) is 9.26. The highest BCUT2D eigenvalue weighted by molar-refractivity contribution is 6.30. The maximum atomic E-state index is 11.1. The number of hydrogen-bond donors (Lipinski definition) is 1. The van der Waals surface area contributed by atoms with Crippen molar-refractivity contribution >= 4 is 17.5 Å². The molecule has 1 aromatic carbocycles. The largest absolute Gasteiger partial charge is 0.352 e. The zero-order valence-corrected chi connectivity index (χ0v) is 7.90. The summed E-state index contributed by atoms with van der Waals surface area (Å²) in [6.07, 6.45) is 1.36. The van der Waals surface area contributed by atoms with E-state index in [1.807, 2.05) is 18.2 Å². The molecule has 0 bridgehead atoms. The van der Waals surface area contributed by atoms with Crippen molar-refractivity contribution in [1.82, 2.24) is 5.32 Å². The van der Waals surface area contributed by atoms with Crippen molar-refractivity contribution < 1.29 is 4.79 Å². The minimum absolute atomic E-state index is 0.118. The maximum Gasteiger partial charge on any atom is 0.220 e. The SMILES string of the molecule is O=C1CCc2cc(Cl)ccc2CN1. The summed E-state index contributed by atoms with van der Waals surface area (Å²) in [5.74, 6) is 0.118. The zero-order valence-electron chi connectivity index (χ0n) is 7.14. The number of benzene rings is 1. The number of aryl methyl sites for hydroxylation is 1. The van der Waals surface area contributed by atoms with Crippen LogP contribution >= 0.6 is 11.6 Å². The van der Waals surface area contributed by atoms with Gasteiger partial charge in [-0.1, -0.05) is 17.7 Å². The van der Waals surface area contributed by atoms with Crippen LogP contribution in [0.3, 0.4) is 0 Å². The predicted molar refractivity (Wildman–Crippen MR) is 51.6 cm³/mol. The molecule has 2 nitrogen and oxygen atoms in total. The summed E-state index contributed by atoms with van der Waals surface area (Å²) in [5, 5.41) is 3.58. The van der Waals surface area contributed by atoms with Gasteiger partial charge in [-0.2, -0.15) is 0 Å². The molecule has 0 spiro atoms. The Balaban J connectivity index is 2.35. The molecule has 13 heavy (non-hydrogen) atoms. The third kappa shape index (κ3) is 1.83. The van der Waals surface area contributed by atoms with E-state index in [4.69, 9.17) is 11.6 Å². The molecule has 1 heterocycles. The molecule has 1 aromatic rings. The minimum atomic E-state index is 0.118. The first-order chi connectivity index (χ1) is 6.25. The van der Waals surface area contributed by atoms with Crippen LogP contribution in [-0.4, -0.2) is 5.91 Å². The first-order valence-electron chi connectivity index (χ1n) is 4.30. The summed E-state index contributed by atoms with van der Waals surface area (Å²) < 4.78 is 0. The molecule has 0 radical (unpaired) electrons. The third-order valence-electron chi connectivity index (χ3n) is 2.27. The number of nitrogens with one attached hydrogen (secondary N) is 1. The molecule has 0 atom stereocenters. The van der Waals surface area contributed by atoms with E-state index in [2.05, 4.69) is 5.32 Å². The van der Waals surface area contributed by atoms with Gasteiger partial charge in [0.2, 0.25) is 5.91 Å². The molecule has 1 aliphatic heterocycles. The van der Waals surface area contributed by atoms with Gasteiger partial charge in [0.1, 0.15) is 0 Å². The summed E-state index contributed by atoms with van der Waals surface area (Å²) >= 11 is 5.86. The summed E-state index contributed by atoms with van der Waals surface area (Å²) in [5.41, 5.74) is 2.36. The van der Waals surface area contributed by atoms with Crippen molar-refractivity contribution in [3.8, 4) is 0 Å². The Morgan fingerprint density at radius 2 is 2.08 bits per heavy atom. The van der Waals surface area contributed by atoms with Gasteiger partial charge in [-0.15, -0.1) is 0 Å². The Morgan fingerprint density at radius 1 is 1.23 bits per heavy atom. The molecule has 0 saturated heterocycles. The molecule has 0 aliphatic carbocycles. The van der Waals surface area contributed by atoms with Crippen LogP contribution in [0.15, 0.2) is 18.2 Å². The highest BCUT2D eigenvalue weighted by atomic mass is 35.5. The van der Waals surface area contributed by atoms with Crippen LogP contribution in [0.1, 0.15) is 17.5 Å². The summed E-state index contributed by atoms with van der Waals surface area (Å²) in [6.45, 7) is 0.630. The van der Waals surface area contributed by atoms with Crippen LogP contribution in [0.25, 0.3) is 0 Å². The van der Waals surface area contributed by atoms with Crippen molar-refractivity contribution in [3.05, 3.63) is 34.3 Å². The van der Waals surface area contributed by atoms with Crippen LogP contribution in [-0.2, 0) is 17.8 Å². The van der Waals surface area contributed by atoms with Crippen LogP contribution in [0, 0.1) is 0 Å². The number of amides is 1. The van der Waals surface area contributed by atoms with Gasteiger partial charge >= 0.3 is 0 Å². The fourth-order valence-electron chi connectivity index (χ4n) is 1.53. The number of hydrogen-bond acceptors (Lipinski definition) is 1. The second-order valence-corrected chi connectivity index (χ2v) is 3.63. The highest BCUT2D eigenvalue weighted by Gasteiger charge is 2.11. The van der Waals surface area contributed by atoms with Gasteiger partial charge in [0, 0.05) is 18.0 Å². The molecule has 1 aliphatic rings. The molecular formula is C10H10ClNO. The Morgan fingerprint density at radius 3 is 2.92 bits per heavy atom. The molecular weight excluding hydrogens is 186 g/mol. The standard InChI is InChI=1S/C10H10ClNO/c11-9-3-1-8-6-12-10(13)4-2-7(8)5-9/h1,3,5H,2,4,6H2,(H,12,13). The Hall–Kier alpha value is -1.02. The second kappa shape index (κ2) is 3.38. The van der Waals surface area contributed by atoms with Crippen LogP contribution < -0.4 is 5.32 Å². The van der Waals surface area contributed by atoms with Crippen LogP contribution in [0.5, 0.6) is 0 Å². The molecule has 1 N–H and O–H groups in total. The Labute approximate surface area is 81.9 Å².